The van der Waals surface area contributed by atoms with Gasteiger partial charge in [0.2, 0.25) is 0 Å². The molecule has 9 heavy (non-hydrogen) atoms. The summed E-state index contributed by atoms with van der Waals surface area (Å²) in [5.41, 5.74) is 0. The van der Waals surface area contributed by atoms with E-state index in [1.54, 1.807) is 7.05 Å². The summed E-state index contributed by atoms with van der Waals surface area (Å²) in [5.74, 6) is 0.306. The van der Waals surface area contributed by atoms with Gasteiger partial charge < -0.3 is 10.4 Å². The minimum atomic E-state index is -1.29. The van der Waals surface area contributed by atoms with Gasteiger partial charge in [-0.15, -0.1) is 0 Å². The Morgan fingerprint density at radius 2 is 2.44 bits per heavy atom. The smallest absolute Gasteiger partial charge is 0.170 e. The summed E-state index contributed by atoms with van der Waals surface area (Å²) < 4.78 is 15.1. The summed E-state index contributed by atoms with van der Waals surface area (Å²) in [6.07, 6.45) is 0. The highest BCUT2D eigenvalue weighted by atomic mass is 32.2. The maximum absolute atomic E-state index is 10.5. The molecule has 0 saturated heterocycles. The molecule has 0 radical (unpaired) electrons. The van der Waals surface area contributed by atoms with Crippen molar-refractivity contribution in [2.75, 3.05) is 26.1 Å². The molecule has 5 heteroatoms. The largest absolute Gasteiger partial charge is 0.394 e. The van der Waals surface area contributed by atoms with Crippen LogP contribution in [0.2, 0.25) is 0 Å². The van der Waals surface area contributed by atoms with Gasteiger partial charge >= 0.3 is 0 Å². The molecule has 2 N–H and O–H groups in total. The maximum atomic E-state index is 10.5. The molecule has 1 atom stereocenters. The Bertz CT molecular complexity index is 87.9. The first-order chi connectivity index (χ1) is 4.31. The molecular weight excluding hydrogens is 142 g/mol. The van der Waals surface area contributed by atoms with Crippen LogP contribution in [-0.2, 0) is 15.3 Å². The quantitative estimate of drug-likeness (QED) is 0.523. The SMILES string of the molecule is CNCS(=O)OCCO. The lowest BCUT2D eigenvalue weighted by Crippen LogP contribution is -2.16. The number of aliphatic hydroxyl groups excluding tert-OH is 1. The fourth-order valence-corrected chi connectivity index (χ4v) is 0.869. The third-order valence-electron chi connectivity index (χ3n) is 0.568. The van der Waals surface area contributed by atoms with Gasteiger partial charge in [0.05, 0.1) is 19.1 Å². The van der Waals surface area contributed by atoms with Crippen LogP contribution < -0.4 is 5.32 Å². The Morgan fingerprint density at radius 3 is 2.89 bits per heavy atom. The Morgan fingerprint density at radius 1 is 1.78 bits per heavy atom. The highest BCUT2D eigenvalue weighted by Crippen LogP contribution is 1.80. The first-order valence-corrected chi connectivity index (χ1v) is 3.82. The third kappa shape index (κ3) is 5.91. The van der Waals surface area contributed by atoms with E-state index in [0.29, 0.717) is 5.88 Å². The van der Waals surface area contributed by atoms with Gasteiger partial charge in [0.25, 0.3) is 0 Å². The second kappa shape index (κ2) is 6.15. The monoisotopic (exact) mass is 153 g/mol. The highest BCUT2D eigenvalue weighted by molar-refractivity contribution is 7.80. The predicted molar refractivity (Wildman–Crippen MR) is 35.1 cm³/mol. The molecule has 1 unspecified atom stereocenters. The average molecular weight is 153 g/mol. The average Bonchev–Trinajstić information content (AvgIpc) is 1.85. The second-order valence-corrected chi connectivity index (χ2v) is 2.48. The van der Waals surface area contributed by atoms with Crippen molar-refractivity contribution in [3.63, 3.8) is 0 Å². The lowest BCUT2D eigenvalue weighted by molar-refractivity contribution is 0.213. The van der Waals surface area contributed by atoms with Crippen LogP contribution in [0.25, 0.3) is 0 Å². The summed E-state index contributed by atoms with van der Waals surface area (Å²) in [6, 6.07) is 0. The molecule has 0 amide bonds. The lowest BCUT2D eigenvalue weighted by atomic mass is 10.8. The van der Waals surface area contributed by atoms with Crippen LogP contribution in [0, 0.1) is 0 Å². The molecule has 0 spiro atoms. The molecule has 0 aromatic heterocycles. The molecule has 0 saturated carbocycles. The number of hydrogen-bond donors (Lipinski definition) is 2. The summed E-state index contributed by atoms with van der Waals surface area (Å²) in [4.78, 5) is 0. The van der Waals surface area contributed by atoms with Crippen molar-refractivity contribution < 1.29 is 13.5 Å². The van der Waals surface area contributed by atoms with Gasteiger partial charge in [-0.1, -0.05) is 0 Å². The zero-order chi connectivity index (χ0) is 7.11. The van der Waals surface area contributed by atoms with Crippen LogP contribution in [0.15, 0.2) is 0 Å². The number of aliphatic hydroxyl groups is 1. The van der Waals surface area contributed by atoms with E-state index in [4.69, 9.17) is 5.11 Å². The Hall–Kier alpha value is 0.0300. The van der Waals surface area contributed by atoms with Crippen molar-refractivity contribution >= 4 is 11.1 Å². The van der Waals surface area contributed by atoms with E-state index >= 15 is 0 Å². The van der Waals surface area contributed by atoms with E-state index in [9.17, 15) is 4.21 Å². The maximum Gasteiger partial charge on any atom is 0.170 e. The van der Waals surface area contributed by atoms with Crippen molar-refractivity contribution in [1.29, 1.82) is 0 Å². The van der Waals surface area contributed by atoms with Crippen LogP contribution in [0.4, 0.5) is 0 Å². The number of rotatable bonds is 5. The topological polar surface area (TPSA) is 58.6 Å². The van der Waals surface area contributed by atoms with Crippen LogP contribution >= 0.6 is 0 Å². The molecule has 56 valence electrons. The first-order valence-electron chi connectivity index (χ1n) is 2.58. The zero-order valence-electron chi connectivity index (χ0n) is 5.29. The van der Waals surface area contributed by atoms with Crippen LogP contribution in [-0.4, -0.2) is 35.5 Å². The van der Waals surface area contributed by atoms with Crippen molar-refractivity contribution in [1.82, 2.24) is 5.32 Å². The molecule has 0 aliphatic carbocycles. The fourth-order valence-electron chi connectivity index (χ4n) is 0.290. The summed E-state index contributed by atoms with van der Waals surface area (Å²) >= 11 is -1.29. The number of hydrogen-bond acceptors (Lipinski definition) is 4. The zero-order valence-corrected chi connectivity index (χ0v) is 6.11. The molecule has 0 aliphatic rings. The summed E-state index contributed by atoms with van der Waals surface area (Å²) in [5, 5.41) is 10.9. The van der Waals surface area contributed by atoms with Crippen molar-refractivity contribution in [2.24, 2.45) is 0 Å². The van der Waals surface area contributed by atoms with E-state index in [0.717, 1.165) is 0 Å². The van der Waals surface area contributed by atoms with Gasteiger partial charge in [0.15, 0.2) is 11.1 Å². The Balaban J connectivity index is 3.06. The van der Waals surface area contributed by atoms with Gasteiger partial charge in [-0.05, 0) is 7.05 Å². The van der Waals surface area contributed by atoms with E-state index < -0.39 is 11.1 Å². The Kier molecular flexibility index (Phi) is 6.18. The Labute approximate surface area is 56.9 Å². The van der Waals surface area contributed by atoms with Gasteiger partial charge in [-0.3, -0.25) is 4.18 Å². The minimum absolute atomic E-state index is 0.0878. The standard InChI is InChI=1S/C4H11NO3S/c1-5-4-9(7)8-3-2-6/h5-6H,2-4H2,1H3. The van der Waals surface area contributed by atoms with E-state index in [1.807, 2.05) is 0 Å². The van der Waals surface area contributed by atoms with Crippen LogP contribution in [0.5, 0.6) is 0 Å². The molecule has 0 aromatic rings. The van der Waals surface area contributed by atoms with Gasteiger partial charge in [-0.25, -0.2) is 4.21 Å². The van der Waals surface area contributed by atoms with Gasteiger partial charge in [0.1, 0.15) is 0 Å². The molecular formula is C4H11NO3S. The van der Waals surface area contributed by atoms with Crippen molar-refractivity contribution in [3.05, 3.63) is 0 Å². The molecule has 0 heterocycles. The third-order valence-corrected chi connectivity index (χ3v) is 1.52. The van der Waals surface area contributed by atoms with Crippen molar-refractivity contribution in [3.8, 4) is 0 Å². The van der Waals surface area contributed by atoms with E-state index in [1.165, 1.54) is 0 Å². The molecule has 0 fully saturated rings. The molecule has 4 nitrogen and oxygen atoms in total. The molecule has 0 rings (SSSR count). The van der Waals surface area contributed by atoms with E-state index in [2.05, 4.69) is 9.50 Å². The predicted octanol–water partition coefficient (Wildman–Crippen LogP) is -1.16. The highest BCUT2D eigenvalue weighted by Gasteiger charge is 1.94. The fraction of sp³-hybridized carbons (Fsp3) is 1.00. The van der Waals surface area contributed by atoms with Gasteiger partial charge in [0, 0.05) is 0 Å². The lowest BCUT2D eigenvalue weighted by Gasteiger charge is -1.98. The van der Waals surface area contributed by atoms with Crippen molar-refractivity contribution in [2.45, 2.75) is 0 Å². The molecule has 0 bridgehead atoms. The minimum Gasteiger partial charge on any atom is -0.394 e. The van der Waals surface area contributed by atoms with Crippen LogP contribution in [0.3, 0.4) is 0 Å². The molecule has 0 aliphatic heterocycles. The second-order valence-electron chi connectivity index (χ2n) is 1.35. The summed E-state index contributed by atoms with van der Waals surface area (Å²) in [7, 11) is 1.68. The first kappa shape index (κ1) is 9.03. The normalized spacial score (nSPS) is 13.6. The molecule has 0 aromatic carbocycles. The summed E-state index contributed by atoms with van der Waals surface area (Å²) in [6.45, 7) is 0.0454. The number of nitrogens with one attached hydrogen (secondary N) is 1. The van der Waals surface area contributed by atoms with Crippen LogP contribution in [0.1, 0.15) is 0 Å². The van der Waals surface area contributed by atoms with Gasteiger partial charge in [-0.2, -0.15) is 0 Å². The van der Waals surface area contributed by atoms with E-state index in [-0.39, 0.29) is 13.2 Å².